The zero-order valence-corrected chi connectivity index (χ0v) is 22.1. The Kier molecular flexibility index (Phi) is 7.17. The SMILES string of the molecule is O=C1CCC(N2CC3CC(C4CCN(Cc5csc(C6CCCCC6)n5)CC4)CCC3C2=O)C(=O)N1. The van der Waals surface area contributed by atoms with Gasteiger partial charge in [0.1, 0.15) is 6.04 Å². The fourth-order valence-electron chi connectivity index (χ4n) is 7.82. The van der Waals surface area contributed by atoms with Crippen LogP contribution in [0.3, 0.4) is 0 Å². The average molecular weight is 513 g/mol. The molecule has 2 aliphatic carbocycles. The van der Waals surface area contributed by atoms with Gasteiger partial charge >= 0.3 is 0 Å². The summed E-state index contributed by atoms with van der Waals surface area (Å²) in [5.74, 6) is 2.24. The van der Waals surface area contributed by atoms with E-state index in [1.54, 1.807) is 4.90 Å². The number of thiazole rings is 1. The predicted molar refractivity (Wildman–Crippen MR) is 138 cm³/mol. The van der Waals surface area contributed by atoms with Gasteiger partial charge in [0.2, 0.25) is 17.7 Å². The van der Waals surface area contributed by atoms with Crippen molar-refractivity contribution in [2.24, 2.45) is 23.7 Å². The summed E-state index contributed by atoms with van der Waals surface area (Å²) in [4.78, 5) is 46.4. The molecule has 4 atom stereocenters. The Morgan fingerprint density at radius 1 is 0.917 bits per heavy atom. The monoisotopic (exact) mass is 512 g/mol. The summed E-state index contributed by atoms with van der Waals surface area (Å²) in [6.07, 6.45) is 13.2. The molecule has 3 amide bonds. The van der Waals surface area contributed by atoms with Gasteiger partial charge in [0.05, 0.1) is 10.7 Å². The summed E-state index contributed by atoms with van der Waals surface area (Å²) in [5, 5.41) is 6.09. The number of fused-ring (bicyclic) bond motifs is 1. The van der Waals surface area contributed by atoms with Crippen molar-refractivity contribution in [2.75, 3.05) is 19.6 Å². The maximum Gasteiger partial charge on any atom is 0.249 e. The summed E-state index contributed by atoms with van der Waals surface area (Å²) >= 11 is 1.88. The van der Waals surface area contributed by atoms with E-state index in [0.717, 1.165) is 44.8 Å². The summed E-state index contributed by atoms with van der Waals surface area (Å²) < 4.78 is 0. The molecule has 7 nitrogen and oxygen atoms in total. The molecule has 0 bridgehead atoms. The lowest BCUT2D eigenvalue weighted by Crippen LogP contribution is -2.53. The molecule has 1 aromatic rings. The first-order chi connectivity index (χ1) is 17.5. The summed E-state index contributed by atoms with van der Waals surface area (Å²) in [6, 6.07) is -0.452. The number of hydrogen-bond acceptors (Lipinski definition) is 6. The largest absolute Gasteiger partial charge is 0.330 e. The second kappa shape index (κ2) is 10.5. The van der Waals surface area contributed by atoms with Gasteiger partial charge in [0.25, 0.3) is 0 Å². The Morgan fingerprint density at radius 2 is 1.72 bits per heavy atom. The molecule has 1 N–H and O–H groups in total. The Labute approximate surface area is 218 Å². The fourth-order valence-corrected chi connectivity index (χ4v) is 8.80. The van der Waals surface area contributed by atoms with Gasteiger partial charge < -0.3 is 4.90 Å². The molecule has 4 unspecified atom stereocenters. The first-order valence-electron chi connectivity index (χ1n) is 14.4. The standard InChI is InChI=1S/C28H40N4O3S/c33-25-9-8-24(26(34)30-25)32-15-21-14-20(6-7-23(21)28(32)35)18-10-12-31(13-11-18)16-22-17-36-27(29-22)19-4-2-1-3-5-19/h17-21,23-24H,1-16H2,(H,30,33,34). The summed E-state index contributed by atoms with van der Waals surface area (Å²) in [7, 11) is 0. The number of nitrogens with zero attached hydrogens (tertiary/aromatic N) is 3. The number of nitrogens with one attached hydrogen (secondary N) is 1. The van der Waals surface area contributed by atoms with Crippen LogP contribution in [0.1, 0.15) is 93.7 Å². The van der Waals surface area contributed by atoms with Gasteiger partial charge in [0.15, 0.2) is 0 Å². The molecule has 3 saturated heterocycles. The lowest BCUT2D eigenvalue weighted by molar-refractivity contribution is -0.144. The van der Waals surface area contributed by atoms with Crippen molar-refractivity contribution in [1.29, 1.82) is 0 Å². The number of piperidine rings is 2. The molecule has 5 aliphatic rings. The second-order valence-electron chi connectivity index (χ2n) is 12.0. The van der Waals surface area contributed by atoms with E-state index in [1.165, 1.54) is 55.6 Å². The van der Waals surface area contributed by atoms with Crippen LogP contribution in [0.2, 0.25) is 0 Å². The molecular formula is C28H40N4O3S. The lowest BCUT2D eigenvalue weighted by atomic mass is 9.69. The number of carbonyl (C=O) groups is 3. The topological polar surface area (TPSA) is 82.6 Å². The van der Waals surface area contributed by atoms with E-state index < -0.39 is 6.04 Å². The van der Waals surface area contributed by atoms with E-state index in [9.17, 15) is 14.4 Å². The Balaban J connectivity index is 0.989. The minimum Gasteiger partial charge on any atom is -0.330 e. The van der Waals surface area contributed by atoms with Crippen LogP contribution in [0.25, 0.3) is 0 Å². The highest BCUT2D eigenvalue weighted by atomic mass is 32.1. The van der Waals surface area contributed by atoms with Crippen molar-refractivity contribution in [3.05, 3.63) is 16.1 Å². The van der Waals surface area contributed by atoms with Crippen LogP contribution in [-0.2, 0) is 20.9 Å². The summed E-state index contributed by atoms with van der Waals surface area (Å²) in [5.41, 5.74) is 1.26. The lowest BCUT2D eigenvalue weighted by Gasteiger charge is -2.39. The second-order valence-corrected chi connectivity index (χ2v) is 12.9. The zero-order chi connectivity index (χ0) is 24.6. The molecule has 1 aromatic heterocycles. The number of aromatic nitrogens is 1. The molecular weight excluding hydrogens is 472 g/mol. The molecule has 36 heavy (non-hydrogen) atoms. The molecule has 6 rings (SSSR count). The minimum absolute atomic E-state index is 0.0785. The molecule has 0 spiro atoms. The highest BCUT2D eigenvalue weighted by molar-refractivity contribution is 7.09. The smallest absolute Gasteiger partial charge is 0.249 e. The Morgan fingerprint density at radius 3 is 2.50 bits per heavy atom. The van der Waals surface area contributed by atoms with Crippen LogP contribution in [0, 0.1) is 23.7 Å². The normalized spacial score (nSPS) is 33.1. The summed E-state index contributed by atoms with van der Waals surface area (Å²) in [6.45, 7) is 3.97. The zero-order valence-electron chi connectivity index (χ0n) is 21.3. The highest BCUT2D eigenvalue weighted by Gasteiger charge is 2.49. The fraction of sp³-hybridized carbons (Fsp3) is 0.786. The average Bonchev–Trinajstić information content (AvgIpc) is 3.49. The third-order valence-electron chi connectivity index (χ3n) is 9.85. The van der Waals surface area contributed by atoms with Crippen molar-refractivity contribution in [3.63, 3.8) is 0 Å². The highest BCUT2D eigenvalue weighted by Crippen LogP contribution is 2.45. The van der Waals surface area contributed by atoms with E-state index in [4.69, 9.17) is 4.98 Å². The van der Waals surface area contributed by atoms with Crippen LogP contribution < -0.4 is 5.32 Å². The maximum absolute atomic E-state index is 13.1. The number of rotatable bonds is 5. The maximum atomic E-state index is 13.1. The van der Waals surface area contributed by atoms with E-state index >= 15 is 0 Å². The molecule has 0 aromatic carbocycles. The third-order valence-corrected chi connectivity index (χ3v) is 10.9. The number of amides is 3. The molecule has 0 radical (unpaired) electrons. The van der Waals surface area contributed by atoms with E-state index in [0.29, 0.717) is 37.1 Å². The van der Waals surface area contributed by atoms with Gasteiger partial charge in [-0.3, -0.25) is 24.6 Å². The first kappa shape index (κ1) is 24.5. The van der Waals surface area contributed by atoms with Gasteiger partial charge in [-0.25, -0.2) is 4.98 Å². The van der Waals surface area contributed by atoms with E-state index in [1.807, 2.05) is 11.3 Å². The molecule has 8 heteroatoms. The van der Waals surface area contributed by atoms with E-state index in [-0.39, 0.29) is 23.6 Å². The van der Waals surface area contributed by atoms with Crippen LogP contribution in [0.5, 0.6) is 0 Å². The number of carbonyl (C=O) groups excluding carboxylic acids is 3. The quantitative estimate of drug-likeness (QED) is 0.601. The van der Waals surface area contributed by atoms with Crippen LogP contribution >= 0.6 is 11.3 Å². The third kappa shape index (κ3) is 5.00. The predicted octanol–water partition coefficient (Wildman–Crippen LogP) is 4.08. The van der Waals surface area contributed by atoms with Gasteiger partial charge in [-0.2, -0.15) is 0 Å². The minimum atomic E-state index is -0.452. The van der Waals surface area contributed by atoms with Gasteiger partial charge in [-0.15, -0.1) is 11.3 Å². The van der Waals surface area contributed by atoms with Gasteiger partial charge in [-0.05, 0) is 82.2 Å². The van der Waals surface area contributed by atoms with Crippen molar-refractivity contribution in [1.82, 2.24) is 20.1 Å². The Hall–Kier alpha value is -1.80. The van der Waals surface area contributed by atoms with Crippen molar-refractivity contribution in [2.45, 2.75) is 95.6 Å². The Bertz CT molecular complexity index is 981. The number of imide groups is 1. The molecule has 5 fully saturated rings. The van der Waals surface area contributed by atoms with Crippen molar-refractivity contribution < 1.29 is 14.4 Å². The molecule has 4 heterocycles. The number of likely N-dealkylation sites (tertiary alicyclic amines) is 2. The van der Waals surface area contributed by atoms with Crippen LogP contribution in [0.4, 0.5) is 0 Å². The van der Waals surface area contributed by atoms with Gasteiger partial charge in [-0.1, -0.05) is 19.3 Å². The number of hydrogen-bond donors (Lipinski definition) is 1. The molecule has 3 aliphatic heterocycles. The first-order valence-corrected chi connectivity index (χ1v) is 15.2. The molecule has 2 saturated carbocycles. The van der Waals surface area contributed by atoms with Crippen LogP contribution in [-0.4, -0.2) is 58.2 Å². The van der Waals surface area contributed by atoms with Crippen molar-refractivity contribution >= 4 is 29.1 Å². The van der Waals surface area contributed by atoms with Crippen LogP contribution in [0.15, 0.2) is 5.38 Å². The van der Waals surface area contributed by atoms with Gasteiger partial charge in [0, 0.05) is 36.7 Å². The van der Waals surface area contributed by atoms with Crippen molar-refractivity contribution in [3.8, 4) is 0 Å². The molecule has 196 valence electrons. The van der Waals surface area contributed by atoms with E-state index in [2.05, 4.69) is 15.6 Å².